The van der Waals surface area contributed by atoms with Crippen molar-refractivity contribution in [1.29, 1.82) is 0 Å². The lowest BCUT2D eigenvalue weighted by Gasteiger charge is -2.30. The molecule has 0 aliphatic carbocycles. The summed E-state index contributed by atoms with van der Waals surface area (Å²) in [4.78, 5) is 11.7. The Hall–Kier alpha value is -2.14. The molecule has 1 N–H and O–H groups in total. The van der Waals surface area contributed by atoms with E-state index in [4.69, 9.17) is 9.72 Å². The van der Waals surface area contributed by atoms with E-state index >= 15 is 0 Å². The third-order valence-electron chi connectivity index (χ3n) is 3.99. The Morgan fingerprint density at radius 2 is 1.91 bits per heavy atom. The molecule has 0 saturated carbocycles. The van der Waals surface area contributed by atoms with Gasteiger partial charge in [-0.2, -0.15) is 0 Å². The maximum atomic E-state index is 5.19. The van der Waals surface area contributed by atoms with Crippen LogP contribution in [0.4, 0.5) is 5.69 Å². The van der Waals surface area contributed by atoms with E-state index in [1.54, 1.807) is 7.11 Å². The highest BCUT2D eigenvalue weighted by atomic mass is 16.5. The van der Waals surface area contributed by atoms with Crippen LogP contribution in [0.3, 0.4) is 0 Å². The molecule has 1 fully saturated rings. The van der Waals surface area contributed by atoms with Crippen molar-refractivity contribution in [1.82, 2.24) is 15.3 Å². The number of rotatable bonds is 4. The van der Waals surface area contributed by atoms with Gasteiger partial charge in [0.25, 0.3) is 0 Å². The van der Waals surface area contributed by atoms with Gasteiger partial charge in [-0.3, -0.25) is 0 Å². The number of ether oxygens (including phenoxy) is 1. The summed E-state index contributed by atoms with van der Waals surface area (Å²) in [6.45, 7) is 6.20. The monoisotopic (exact) mass is 298 g/mol. The summed E-state index contributed by atoms with van der Waals surface area (Å²) < 4.78 is 5.19. The third-order valence-corrected chi connectivity index (χ3v) is 3.99. The van der Waals surface area contributed by atoms with Crippen LogP contribution in [0, 0.1) is 0 Å². The zero-order valence-corrected chi connectivity index (χ0v) is 13.2. The molecular formula is C17H22N4O. The maximum Gasteiger partial charge on any atom is 0.159 e. The van der Waals surface area contributed by atoms with Gasteiger partial charge in [-0.1, -0.05) is 6.92 Å². The highest BCUT2D eigenvalue weighted by molar-refractivity contribution is 5.60. The van der Waals surface area contributed by atoms with E-state index in [0.29, 0.717) is 0 Å². The van der Waals surface area contributed by atoms with Crippen LogP contribution in [0.5, 0.6) is 5.75 Å². The average molecular weight is 298 g/mol. The van der Waals surface area contributed by atoms with Crippen molar-refractivity contribution in [3.8, 4) is 17.1 Å². The molecular weight excluding hydrogens is 276 g/mol. The largest absolute Gasteiger partial charge is 0.497 e. The average Bonchev–Trinajstić information content (AvgIpc) is 2.62. The fourth-order valence-electron chi connectivity index (χ4n) is 2.72. The first kappa shape index (κ1) is 14.8. The molecule has 0 bridgehead atoms. The number of hydrogen-bond donors (Lipinski definition) is 1. The van der Waals surface area contributed by atoms with Crippen LogP contribution < -0.4 is 15.0 Å². The molecule has 1 aliphatic rings. The maximum absolute atomic E-state index is 5.19. The van der Waals surface area contributed by atoms with E-state index < -0.39 is 0 Å². The number of anilines is 1. The second-order valence-corrected chi connectivity index (χ2v) is 5.34. The third kappa shape index (κ3) is 3.04. The Bertz CT molecular complexity index is 621. The van der Waals surface area contributed by atoms with Gasteiger partial charge in [0, 0.05) is 31.7 Å². The highest BCUT2D eigenvalue weighted by Gasteiger charge is 2.16. The molecule has 22 heavy (non-hydrogen) atoms. The number of methoxy groups -OCH3 is 1. The van der Waals surface area contributed by atoms with Gasteiger partial charge in [0.1, 0.15) is 5.75 Å². The summed E-state index contributed by atoms with van der Waals surface area (Å²) in [5, 5.41) is 3.38. The first-order chi connectivity index (χ1) is 10.8. The minimum Gasteiger partial charge on any atom is -0.497 e. The van der Waals surface area contributed by atoms with Crippen molar-refractivity contribution in [2.45, 2.75) is 13.3 Å². The Balaban J connectivity index is 1.89. The molecule has 116 valence electrons. The van der Waals surface area contributed by atoms with Crippen LogP contribution in [0.1, 0.15) is 12.6 Å². The summed E-state index contributed by atoms with van der Waals surface area (Å²) in [6.07, 6.45) is 2.88. The fourth-order valence-corrected chi connectivity index (χ4v) is 2.72. The smallest absolute Gasteiger partial charge is 0.159 e. The first-order valence-corrected chi connectivity index (χ1v) is 7.78. The molecule has 3 rings (SSSR count). The van der Waals surface area contributed by atoms with Gasteiger partial charge in [-0.05, 0) is 30.7 Å². The number of aromatic nitrogens is 2. The van der Waals surface area contributed by atoms with E-state index in [2.05, 4.69) is 22.1 Å². The summed E-state index contributed by atoms with van der Waals surface area (Å²) in [5.74, 6) is 1.62. The summed E-state index contributed by atoms with van der Waals surface area (Å²) in [5.41, 5.74) is 3.30. The highest BCUT2D eigenvalue weighted by Crippen LogP contribution is 2.24. The van der Waals surface area contributed by atoms with Crippen molar-refractivity contribution < 1.29 is 4.74 Å². The molecule has 1 aliphatic heterocycles. The number of aryl methyl sites for hydroxylation is 1. The molecule has 2 aromatic rings. The van der Waals surface area contributed by atoms with Gasteiger partial charge in [0.15, 0.2) is 5.82 Å². The SMILES string of the molecule is CCc1nc(-c2ccc(OC)cc2)ncc1N1CCNCC1. The molecule has 1 saturated heterocycles. The minimum atomic E-state index is 0.776. The molecule has 5 heteroatoms. The standard InChI is InChI=1S/C17H22N4O/c1-3-15-16(21-10-8-18-9-11-21)12-19-17(20-15)13-4-6-14(22-2)7-5-13/h4-7,12,18H,3,8-11H2,1-2H3. The van der Waals surface area contributed by atoms with E-state index in [-0.39, 0.29) is 0 Å². The zero-order chi connectivity index (χ0) is 15.4. The number of piperazine rings is 1. The lowest BCUT2D eigenvalue weighted by molar-refractivity contribution is 0.415. The van der Waals surface area contributed by atoms with E-state index in [9.17, 15) is 0 Å². The van der Waals surface area contributed by atoms with Crippen molar-refractivity contribution >= 4 is 5.69 Å². The molecule has 0 atom stereocenters. The van der Waals surface area contributed by atoms with Crippen LogP contribution in [-0.4, -0.2) is 43.3 Å². The molecule has 1 aromatic heterocycles. The fraction of sp³-hybridized carbons (Fsp3) is 0.412. The molecule has 1 aromatic carbocycles. The van der Waals surface area contributed by atoms with Gasteiger partial charge in [0.05, 0.1) is 24.7 Å². The second-order valence-electron chi connectivity index (χ2n) is 5.34. The Labute approximate surface area is 131 Å². The van der Waals surface area contributed by atoms with Crippen LogP contribution >= 0.6 is 0 Å². The van der Waals surface area contributed by atoms with Crippen LogP contribution in [0.25, 0.3) is 11.4 Å². The molecule has 2 heterocycles. The lowest BCUT2D eigenvalue weighted by Crippen LogP contribution is -2.44. The summed E-state index contributed by atoms with van der Waals surface area (Å²) in [7, 11) is 1.67. The quantitative estimate of drug-likeness (QED) is 0.937. The van der Waals surface area contributed by atoms with Crippen molar-refractivity contribution in [3.05, 3.63) is 36.2 Å². The van der Waals surface area contributed by atoms with Crippen LogP contribution in [0.15, 0.2) is 30.5 Å². The normalized spacial score (nSPS) is 14.9. The molecule has 0 unspecified atom stereocenters. The van der Waals surface area contributed by atoms with Crippen LogP contribution in [-0.2, 0) is 6.42 Å². The van der Waals surface area contributed by atoms with Crippen molar-refractivity contribution in [2.75, 3.05) is 38.2 Å². The topological polar surface area (TPSA) is 50.3 Å². The lowest BCUT2D eigenvalue weighted by atomic mass is 10.1. The van der Waals surface area contributed by atoms with E-state index in [1.807, 2.05) is 30.5 Å². The summed E-state index contributed by atoms with van der Waals surface area (Å²) in [6, 6.07) is 7.87. The molecule has 0 spiro atoms. The molecule has 0 amide bonds. The zero-order valence-electron chi connectivity index (χ0n) is 13.2. The minimum absolute atomic E-state index is 0.776. The van der Waals surface area contributed by atoms with Crippen molar-refractivity contribution in [3.63, 3.8) is 0 Å². The van der Waals surface area contributed by atoms with Gasteiger partial charge in [-0.15, -0.1) is 0 Å². The molecule has 5 nitrogen and oxygen atoms in total. The van der Waals surface area contributed by atoms with Crippen molar-refractivity contribution in [2.24, 2.45) is 0 Å². The predicted molar refractivity (Wildman–Crippen MR) is 88.5 cm³/mol. The Morgan fingerprint density at radius 1 is 1.18 bits per heavy atom. The van der Waals surface area contributed by atoms with Gasteiger partial charge < -0.3 is 15.0 Å². The number of hydrogen-bond acceptors (Lipinski definition) is 5. The number of benzene rings is 1. The van der Waals surface area contributed by atoms with E-state index in [0.717, 1.165) is 55.4 Å². The first-order valence-electron chi connectivity index (χ1n) is 7.78. The van der Waals surface area contributed by atoms with Gasteiger partial charge in [0.2, 0.25) is 0 Å². The Morgan fingerprint density at radius 3 is 2.55 bits per heavy atom. The second kappa shape index (κ2) is 6.75. The summed E-state index contributed by atoms with van der Waals surface area (Å²) >= 11 is 0. The van der Waals surface area contributed by atoms with E-state index in [1.165, 1.54) is 5.69 Å². The van der Waals surface area contributed by atoms with Gasteiger partial charge >= 0.3 is 0 Å². The molecule has 0 radical (unpaired) electrons. The van der Waals surface area contributed by atoms with Gasteiger partial charge in [-0.25, -0.2) is 9.97 Å². The number of nitrogens with zero attached hydrogens (tertiary/aromatic N) is 3. The number of nitrogens with one attached hydrogen (secondary N) is 1. The Kier molecular flexibility index (Phi) is 4.53. The predicted octanol–water partition coefficient (Wildman–Crippen LogP) is 2.12. The van der Waals surface area contributed by atoms with Crippen LogP contribution in [0.2, 0.25) is 0 Å².